The molecular formula is C18H15NO3. The summed E-state index contributed by atoms with van der Waals surface area (Å²) in [7, 11) is 1.59. The van der Waals surface area contributed by atoms with Gasteiger partial charge in [0, 0.05) is 11.1 Å². The molecule has 1 unspecified atom stereocenters. The van der Waals surface area contributed by atoms with E-state index in [0.717, 1.165) is 0 Å². The summed E-state index contributed by atoms with van der Waals surface area (Å²) in [4.78, 5) is 29.4. The van der Waals surface area contributed by atoms with Crippen LogP contribution in [0.5, 0.6) is 5.75 Å². The van der Waals surface area contributed by atoms with E-state index < -0.39 is 5.92 Å². The Bertz CT molecular complexity index is 775. The lowest BCUT2D eigenvalue weighted by Crippen LogP contribution is -2.35. The molecule has 22 heavy (non-hydrogen) atoms. The van der Waals surface area contributed by atoms with Gasteiger partial charge in [-0.1, -0.05) is 24.3 Å². The summed E-state index contributed by atoms with van der Waals surface area (Å²) < 4.78 is 5.10. The van der Waals surface area contributed by atoms with Crippen LogP contribution in [0.15, 0.2) is 53.5 Å². The van der Waals surface area contributed by atoms with Crippen molar-refractivity contribution < 1.29 is 14.3 Å². The van der Waals surface area contributed by atoms with Crippen LogP contribution in [0.1, 0.15) is 27.6 Å². The van der Waals surface area contributed by atoms with E-state index in [1.165, 1.54) is 0 Å². The Labute approximate surface area is 128 Å². The fourth-order valence-corrected chi connectivity index (χ4v) is 2.53. The number of ketones is 2. The summed E-state index contributed by atoms with van der Waals surface area (Å²) >= 11 is 0. The van der Waals surface area contributed by atoms with Crippen LogP contribution < -0.4 is 4.74 Å². The molecule has 0 spiro atoms. The second kappa shape index (κ2) is 5.56. The molecule has 1 aliphatic rings. The molecule has 0 fully saturated rings. The molecule has 0 aromatic heterocycles. The Morgan fingerprint density at radius 2 is 1.59 bits per heavy atom. The van der Waals surface area contributed by atoms with Crippen molar-refractivity contribution in [1.82, 2.24) is 0 Å². The van der Waals surface area contributed by atoms with Gasteiger partial charge in [-0.15, -0.1) is 0 Å². The number of nitrogens with zero attached hydrogens (tertiary/aromatic N) is 1. The number of benzene rings is 2. The zero-order valence-corrected chi connectivity index (χ0v) is 12.4. The molecule has 0 N–H and O–H groups in total. The van der Waals surface area contributed by atoms with E-state index in [9.17, 15) is 9.59 Å². The molecule has 4 nitrogen and oxygen atoms in total. The average Bonchev–Trinajstić information content (AvgIpc) is 2.57. The Morgan fingerprint density at radius 3 is 2.23 bits per heavy atom. The Kier molecular flexibility index (Phi) is 3.59. The minimum absolute atomic E-state index is 0.0672. The summed E-state index contributed by atoms with van der Waals surface area (Å²) in [5.41, 5.74) is 1.82. The third kappa shape index (κ3) is 2.33. The maximum Gasteiger partial charge on any atom is 0.208 e. The van der Waals surface area contributed by atoms with E-state index in [1.807, 2.05) is 0 Å². The molecule has 3 rings (SSSR count). The first-order valence-electron chi connectivity index (χ1n) is 7.02. The molecule has 2 aromatic rings. The number of fused-ring (bicyclic) bond motifs is 1. The minimum Gasteiger partial charge on any atom is -0.497 e. The molecule has 1 atom stereocenters. The first-order valence-corrected chi connectivity index (χ1v) is 7.02. The highest BCUT2D eigenvalue weighted by molar-refractivity contribution is 6.53. The number of carbonyl (C=O) groups is 2. The van der Waals surface area contributed by atoms with Crippen LogP contribution in [0.25, 0.3) is 0 Å². The van der Waals surface area contributed by atoms with Crippen LogP contribution in [0, 0.1) is 5.92 Å². The summed E-state index contributed by atoms with van der Waals surface area (Å²) in [6.07, 6.45) is 0. The van der Waals surface area contributed by atoms with Gasteiger partial charge in [0.25, 0.3) is 0 Å². The van der Waals surface area contributed by atoms with E-state index in [1.54, 1.807) is 62.6 Å². The number of carbonyl (C=O) groups excluding carboxylic acids is 2. The average molecular weight is 293 g/mol. The van der Waals surface area contributed by atoms with Gasteiger partial charge < -0.3 is 4.74 Å². The molecular weight excluding hydrogens is 278 g/mol. The number of Topliss-reactive ketones (excluding diaryl/α,β-unsaturated/α-hetero) is 2. The molecule has 0 saturated heterocycles. The van der Waals surface area contributed by atoms with Gasteiger partial charge in [0.2, 0.25) is 5.78 Å². The third-order valence-electron chi connectivity index (χ3n) is 3.80. The van der Waals surface area contributed by atoms with Crippen LogP contribution in [-0.2, 0) is 0 Å². The number of methoxy groups -OCH3 is 1. The van der Waals surface area contributed by atoms with Crippen LogP contribution >= 0.6 is 0 Å². The zero-order valence-electron chi connectivity index (χ0n) is 12.4. The monoisotopic (exact) mass is 293 g/mol. The molecule has 1 aliphatic carbocycles. The summed E-state index contributed by atoms with van der Waals surface area (Å²) in [6.45, 7) is 1.72. The number of ether oxygens (including phenoxy) is 1. The molecule has 2 aromatic carbocycles. The van der Waals surface area contributed by atoms with Gasteiger partial charge in [-0.25, -0.2) is 4.99 Å². The molecule has 110 valence electrons. The smallest absolute Gasteiger partial charge is 0.208 e. The van der Waals surface area contributed by atoms with Crippen molar-refractivity contribution in [2.75, 3.05) is 7.11 Å². The first-order chi connectivity index (χ1) is 10.6. The number of aliphatic imine (C=N–C) groups is 1. The van der Waals surface area contributed by atoms with E-state index in [-0.39, 0.29) is 17.3 Å². The number of hydrogen-bond donors (Lipinski definition) is 0. The third-order valence-corrected chi connectivity index (χ3v) is 3.80. The topological polar surface area (TPSA) is 55.7 Å². The van der Waals surface area contributed by atoms with Crippen molar-refractivity contribution in [2.45, 2.75) is 6.92 Å². The predicted molar refractivity (Wildman–Crippen MR) is 84.4 cm³/mol. The van der Waals surface area contributed by atoms with Gasteiger partial charge >= 0.3 is 0 Å². The molecule has 0 amide bonds. The standard InChI is InChI=1S/C18H15NO3/c1-11-16(19-12-7-9-13(22-2)10-8-12)18(21)15-6-4-3-5-14(15)17(11)20/h3-11H,1-2H3. The van der Waals surface area contributed by atoms with E-state index in [4.69, 9.17) is 4.74 Å². The largest absolute Gasteiger partial charge is 0.497 e. The highest BCUT2D eigenvalue weighted by atomic mass is 16.5. The lowest BCUT2D eigenvalue weighted by molar-refractivity contribution is 0.0927. The molecule has 0 saturated carbocycles. The Balaban J connectivity index is 2.05. The SMILES string of the molecule is COc1ccc(N=C2C(=O)c3ccccc3C(=O)C2C)cc1. The lowest BCUT2D eigenvalue weighted by atomic mass is 9.81. The van der Waals surface area contributed by atoms with Crippen molar-refractivity contribution in [3.8, 4) is 5.75 Å². The van der Waals surface area contributed by atoms with Crippen LogP contribution in [0.3, 0.4) is 0 Å². The van der Waals surface area contributed by atoms with Crippen molar-refractivity contribution in [3.05, 3.63) is 59.7 Å². The van der Waals surface area contributed by atoms with E-state index >= 15 is 0 Å². The molecule has 4 heteroatoms. The highest BCUT2D eigenvalue weighted by Crippen LogP contribution is 2.26. The predicted octanol–water partition coefficient (Wildman–Crippen LogP) is 3.48. The molecule has 0 heterocycles. The van der Waals surface area contributed by atoms with Gasteiger partial charge in [-0.3, -0.25) is 9.59 Å². The first kappa shape index (κ1) is 14.2. The lowest BCUT2D eigenvalue weighted by Gasteiger charge is -2.21. The van der Waals surface area contributed by atoms with Crippen molar-refractivity contribution in [2.24, 2.45) is 10.9 Å². The fourth-order valence-electron chi connectivity index (χ4n) is 2.53. The Morgan fingerprint density at radius 1 is 0.955 bits per heavy atom. The number of hydrogen-bond acceptors (Lipinski definition) is 4. The van der Waals surface area contributed by atoms with Gasteiger partial charge in [-0.2, -0.15) is 0 Å². The normalized spacial score (nSPS) is 19.2. The van der Waals surface area contributed by atoms with Gasteiger partial charge in [-0.05, 0) is 31.2 Å². The Hall–Kier alpha value is -2.75. The van der Waals surface area contributed by atoms with Crippen molar-refractivity contribution in [1.29, 1.82) is 0 Å². The van der Waals surface area contributed by atoms with Crippen LogP contribution in [-0.4, -0.2) is 24.4 Å². The molecule has 0 aliphatic heterocycles. The fraction of sp³-hybridized carbons (Fsp3) is 0.167. The van der Waals surface area contributed by atoms with Gasteiger partial charge in [0.05, 0.1) is 24.4 Å². The van der Waals surface area contributed by atoms with Crippen LogP contribution in [0.2, 0.25) is 0 Å². The maximum atomic E-state index is 12.6. The minimum atomic E-state index is -0.537. The highest BCUT2D eigenvalue weighted by Gasteiger charge is 2.35. The number of rotatable bonds is 2. The molecule has 0 bridgehead atoms. The van der Waals surface area contributed by atoms with Crippen molar-refractivity contribution >= 4 is 23.0 Å². The van der Waals surface area contributed by atoms with Gasteiger partial charge in [0.15, 0.2) is 5.78 Å². The van der Waals surface area contributed by atoms with E-state index in [0.29, 0.717) is 22.6 Å². The summed E-state index contributed by atoms with van der Waals surface area (Å²) in [5.74, 6) is -0.0705. The van der Waals surface area contributed by atoms with Gasteiger partial charge in [0.1, 0.15) is 5.75 Å². The zero-order chi connectivity index (χ0) is 15.7. The summed E-state index contributed by atoms with van der Waals surface area (Å²) in [6, 6.07) is 13.9. The second-order valence-corrected chi connectivity index (χ2v) is 5.16. The maximum absolute atomic E-state index is 12.6. The summed E-state index contributed by atoms with van der Waals surface area (Å²) in [5, 5.41) is 0. The van der Waals surface area contributed by atoms with E-state index in [2.05, 4.69) is 4.99 Å². The second-order valence-electron chi connectivity index (χ2n) is 5.16. The molecule has 0 radical (unpaired) electrons. The quantitative estimate of drug-likeness (QED) is 0.851. The van der Waals surface area contributed by atoms with Crippen molar-refractivity contribution in [3.63, 3.8) is 0 Å². The van der Waals surface area contributed by atoms with Crippen LogP contribution in [0.4, 0.5) is 5.69 Å².